The van der Waals surface area contributed by atoms with Crippen LogP contribution in [0.25, 0.3) is 0 Å². The minimum Gasteiger partial charge on any atom is -0.444 e. The molecule has 0 aromatic heterocycles. The van der Waals surface area contributed by atoms with Gasteiger partial charge in [-0.2, -0.15) is 0 Å². The van der Waals surface area contributed by atoms with Crippen LogP contribution in [-0.2, 0) is 76.4 Å². The van der Waals surface area contributed by atoms with Gasteiger partial charge in [0.2, 0.25) is 65.0 Å². The fourth-order valence-electron chi connectivity index (χ4n) is 11.4. The minimum atomic E-state index is -1.97. The summed E-state index contributed by atoms with van der Waals surface area (Å²) in [5.41, 5.74) is 1.34. The van der Waals surface area contributed by atoms with Crippen molar-refractivity contribution in [3.05, 3.63) is 0 Å². The zero-order valence-corrected chi connectivity index (χ0v) is 73.7. The Morgan fingerprint density at radius 3 is 1.12 bits per heavy atom. The second-order valence-electron chi connectivity index (χ2n) is 34.5. The van der Waals surface area contributed by atoms with Gasteiger partial charge in [0.1, 0.15) is 88.4 Å². The van der Waals surface area contributed by atoms with Crippen molar-refractivity contribution in [3.63, 3.8) is 0 Å². The van der Waals surface area contributed by atoms with Crippen molar-refractivity contribution in [1.82, 2.24) is 85.1 Å². The van der Waals surface area contributed by atoms with E-state index in [-0.39, 0.29) is 51.7 Å². The number of hydrogen-bond donors (Lipinski definition) is 19. The standard InChI is InChI=1S/C79H143N17O23/c1-21-24-26-28-29-31-33-50-61(101)87-49(23-3)60(100)90-52(35-41-82-70(110)115-75(6,7)8)64(104)93-56(39-45-86-74(114)119-79(18,19)20)67(107)95-57(46(4)97)68(108)81-40-34-51(63(103)92-53(62(102)89-50)36-42-83-71(111)116-76(9,10)11)91-65(105)54(37-43-84-72(112)117-77(12,13)14)94-69(109)58(47(5)98)96-66(106)55(38-44-85-73(113)118-78(15,16)17)88-59(99)48(80)32-30-27-25-22-2/h46-58,97-98H,21-45,80H2,1-20H3,(H,81,108)(H,82,110)(H,83,111)(H,84,112)(H,85,113)(H,86,114)(H,87,101)(H,88,99)(H,89,102)(H,90,100)(H,91,105)(H,92,103)(H,93,104)(H,94,109)(H,95,107)(H,96,106)/t46-,47-,48+,49+,50-,51+,52+,53+,54+,55+,56+,57+,58+/m1/s1. The molecule has 1 heterocycles. The Bertz CT molecular complexity index is 3290. The molecule has 40 nitrogen and oxygen atoms in total. The molecule has 0 unspecified atom stereocenters. The third kappa shape index (κ3) is 48.3. The first-order chi connectivity index (χ1) is 55.2. The Labute approximate surface area is 700 Å². The average Bonchev–Trinajstić information content (AvgIpc) is 1.29. The van der Waals surface area contributed by atoms with Gasteiger partial charge in [0.05, 0.1) is 18.2 Å². The molecular weight excluding hydrogens is 1550 g/mol. The number of rotatable bonds is 38. The normalized spacial score (nSPS) is 20.0. The molecule has 20 N–H and O–H groups in total. The van der Waals surface area contributed by atoms with Gasteiger partial charge in [-0.15, -0.1) is 0 Å². The lowest BCUT2D eigenvalue weighted by Crippen LogP contribution is -2.62. The summed E-state index contributed by atoms with van der Waals surface area (Å²) in [6.07, 6.45) is -3.64. The van der Waals surface area contributed by atoms with E-state index >= 15 is 14.4 Å². The van der Waals surface area contributed by atoms with E-state index in [1.54, 1.807) is 104 Å². The number of ether oxygens (including phenoxy) is 5. The molecule has 119 heavy (non-hydrogen) atoms. The van der Waals surface area contributed by atoms with Crippen LogP contribution < -0.4 is 90.8 Å². The van der Waals surface area contributed by atoms with Gasteiger partial charge in [-0.3, -0.25) is 52.7 Å². The Morgan fingerprint density at radius 2 is 0.731 bits per heavy atom. The number of hydrogen-bond acceptors (Lipinski definition) is 24. The van der Waals surface area contributed by atoms with Crippen LogP contribution in [-0.4, -0.2) is 252 Å². The predicted octanol–water partition coefficient (Wildman–Crippen LogP) is 2.15. The van der Waals surface area contributed by atoms with E-state index in [1.165, 1.54) is 6.92 Å². The lowest BCUT2D eigenvalue weighted by molar-refractivity contribution is -0.137. The number of amides is 16. The Balaban J connectivity index is 4.51. The lowest BCUT2D eigenvalue weighted by atomic mass is 10.0. The number of nitrogens with two attached hydrogens (primary N) is 1. The van der Waals surface area contributed by atoms with Crippen molar-refractivity contribution in [2.24, 2.45) is 5.73 Å². The molecule has 1 saturated heterocycles. The fourth-order valence-corrected chi connectivity index (χ4v) is 11.4. The lowest BCUT2D eigenvalue weighted by Gasteiger charge is -2.29. The molecule has 0 saturated carbocycles. The number of aliphatic hydroxyl groups is 2. The van der Waals surface area contributed by atoms with Crippen LogP contribution in [0.1, 0.15) is 260 Å². The number of alkyl carbamates (subject to hydrolysis) is 5. The van der Waals surface area contributed by atoms with Crippen LogP contribution in [0.3, 0.4) is 0 Å². The quantitative estimate of drug-likeness (QED) is 0.0311. The van der Waals surface area contributed by atoms with Gasteiger partial charge in [-0.1, -0.05) is 85.0 Å². The summed E-state index contributed by atoms with van der Waals surface area (Å²) >= 11 is 0. The molecule has 1 fully saturated rings. The zero-order chi connectivity index (χ0) is 90.8. The predicted molar refractivity (Wildman–Crippen MR) is 440 cm³/mol. The van der Waals surface area contributed by atoms with E-state index in [4.69, 9.17) is 29.4 Å². The molecule has 1 aliphatic rings. The fraction of sp³-hybridized carbons (Fsp3) is 0.797. The van der Waals surface area contributed by atoms with E-state index in [0.717, 1.165) is 58.8 Å². The highest BCUT2D eigenvalue weighted by Gasteiger charge is 2.39. The van der Waals surface area contributed by atoms with Crippen LogP contribution in [0, 0.1) is 0 Å². The van der Waals surface area contributed by atoms with E-state index in [1.807, 2.05) is 13.8 Å². The number of carbonyl (C=O) groups is 16. The van der Waals surface area contributed by atoms with Crippen molar-refractivity contribution < 1.29 is 111 Å². The van der Waals surface area contributed by atoms with Gasteiger partial charge in [0, 0.05) is 39.3 Å². The summed E-state index contributed by atoms with van der Waals surface area (Å²) < 4.78 is 26.9. The van der Waals surface area contributed by atoms with Crippen molar-refractivity contribution in [3.8, 4) is 0 Å². The van der Waals surface area contributed by atoms with Crippen molar-refractivity contribution in [2.45, 2.75) is 367 Å². The van der Waals surface area contributed by atoms with E-state index in [2.05, 4.69) is 85.1 Å². The molecule has 1 aliphatic heterocycles. The maximum atomic E-state index is 15.3. The van der Waals surface area contributed by atoms with Gasteiger partial charge in [0.15, 0.2) is 0 Å². The number of carbonyl (C=O) groups excluding carboxylic acids is 16. The highest BCUT2D eigenvalue weighted by atomic mass is 16.6. The topological polar surface area (TPSA) is 578 Å². The maximum Gasteiger partial charge on any atom is 0.407 e. The summed E-state index contributed by atoms with van der Waals surface area (Å²) in [6, 6.07) is -18.4. The third-order valence-electron chi connectivity index (χ3n) is 17.4. The minimum absolute atomic E-state index is 0.0636. The third-order valence-corrected chi connectivity index (χ3v) is 17.4. The molecule has 0 bridgehead atoms. The SMILES string of the molecule is CCCCCCCC[C@H]1NC(=O)[C@H](CCNC(=O)OC(C)(C)C)NC(=O)[C@@H](NC(=O)[C@H](CCNC(=O)OC(C)(C)C)NC(=O)[C@@H](NC(=O)[C@H](CCNC(=O)OC(C)(C)C)NC(=O)[C@@H](N)CCCCCC)[C@@H](C)O)CCNC(=O)[C@H]([C@@H](C)O)NC(=O)[C@H](CCNC(=O)OC(C)(C)C)NC(=O)[C@H](CCNC(=O)OC(C)(C)C)NC(=O)[C@H](CC)NC1=O. The molecule has 0 radical (unpaired) electrons. The van der Waals surface area contributed by atoms with Crippen LogP contribution in [0.5, 0.6) is 0 Å². The smallest absolute Gasteiger partial charge is 0.407 e. The largest absolute Gasteiger partial charge is 0.444 e. The van der Waals surface area contributed by atoms with Gasteiger partial charge in [-0.25, -0.2) is 24.0 Å². The van der Waals surface area contributed by atoms with Crippen molar-refractivity contribution >= 4 is 95.4 Å². The molecule has 16 amide bonds. The van der Waals surface area contributed by atoms with E-state index in [0.29, 0.717) is 19.3 Å². The zero-order valence-electron chi connectivity index (χ0n) is 73.7. The number of unbranched alkanes of at least 4 members (excludes halogenated alkanes) is 8. The maximum absolute atomic E-state index is 15.3. The molecule has 0 aromatic rings. The summed E-state index contributed by atoms with van der Waals surface area (Å²) in [4.78, 5) is 227. The highest BCUT2D eigenvalue weighted by Crippen LogP contribution is 2.16. The van der Waals surface area contributed by atoms with Crippen LogP contribution in [0.15, 0.2) is 0 Å². The first kappa shape index (κ1) is 107. The van der Waals surface area contributed by atoms with Crippen molar-refractivity contribution in [1.29, 1.82) is 0 Å². The van der Waals surface area contributed by atoms with Gasteiger partial charge < -0.3 is 125 Å². The highest BCUT2D eigenvalue weighted by molar-refractivity contribution is 5.99. The molecule has 0 aliphatic carbocycles. The molecule has 0 aromatic carbocycles. The average molecular weight is 1700 g/mol. The van der Waals surface area contributed by atoms with Gasteiger partial charge in [0.25, 0.3) is 0 Å². The van der Waals surface area contributed by atoms with Gasteiger partial charge in [-0.05, 0) is 175 Å². The summed E-state index contributed by atoms with van der Waals surface area (Å²) in [6.45, 7) is 29.2. The summed E-state index contributed by atoms with van der Waals surface area (Å²) in [5, 5.41) is 63.0. The van der Waals surface area contributed by atoms with Crippen LogP contribution >= 0.6 is 0 Å². The molecule has 1 rings (SSSR count). The Kier molecular flexibility index (Phi) is 48.0. The Hall–Kier alpha value is -9.60. The summed E-state index contributed by atoms with van der Waals surface area (Å²) in [5.74, 6) is -11.8. The number of aliphatic hydroxyl groups excluding tert-OH is 2. The van der Waals surface area contributed by atoms with Crippen molar-refractivity contribution in [2.75, 3.05) is 39.3 Å². The Morgan fingerprint density at radius 1 is 0.395 bits per heavy atom. The first-order valence-corrected chi connectivity index (χ1v) is 41.5. The first-order valence-electron chi connectivity index (χ1n) is 41.5. The molecule has 13 atom stereocenters. The second-order valence-corrected chi connectivity index (χ2v) is 34.5. The van der Waals surface area contributed by atoms with Crippen LogP contribution in [0.2, 0.25) is 0 Å². The summed E-state index contributed by atoms with van der Waals surface area (Å²) in [7, 11) is 0. The molecule has 40 heteroatoms. The number of nitrogens with one attached hydrogen (secondary N) is 16. The van der Waals surface area contributed by atoms with E-state index < -0.39 is 247 Å². The second kappa shape index (κ2) is 53.1. The van der Waals surface area contributed by atoms with Crippen LogP contribution in [0.4, 0.5) is 24.0 Å². The molecule has 0 spiro atoms. The molecular formula is C79H143N17O23. The monoisotopic (exact) mass is 1700 g/mol. The van der Waals surface area contributed by atoms with Gasteiger partial charge >= 0.3 is 30.5 Å². The van der Waals surface area contributed by atoms with E-state index in [9.17, 15) is 72.5 Å². The molecule has 682 valence electrons.